The molecule has 1 atom stereocenters. The van der Waals surface area contributed by atoms with E-state index < -0.39 is 28.5 Å². The minimum absolute atomic E-state index is 0.0420. The van der Waals surface area contributed by atoms with Crippen molar-refractivity contribution in [1.29, 1.82) is 0 Å². The summed E-state index contributed by atoms with van der Waals surface area (Å²) in [7, 11) is -2.55. The van der Waals surface area contributed by atoms with Gasteiger partial charge in [-0.05, 0) is 55.2 Å². The van der Waals surface area contributed by atoms with Gasteiger partial charge < -0.3 is 10.2 Å². The topological polar surface area (TPSA) is 86.8 Å². The van der Waals surface area contributed by atoms with Crippen molar-refractivity contribution in [3.63, 3.8) is 0 Å². The number of nitrogens with zero attached hydrogens (tertiary/aromatic N) is 2. The van der Waals surface area contributed by atoms with Crippen molar-refractivity contribution in [2.24, 2.45) is 0 Å². The summed E-state index contributed by atoms with van der Waals surface area (Å²) in [6.07, 6.45) is 1.18. The van der Waals surface area contributed by atoms with Crippen molar-refractivity contribution in [2.45, 2.75) is 51.1 Å². The molecule has 0 saturated carbocycles. The number of hydrogen-bond donors (Lipinski definition) is 1. The van der Waals surface area contributed by atoms with Gasteiger partial charge in [-0.2, -0.15) is 4.31 Å². The Kier molecular flexibility index (Phi) is 9.88. The number of carbonyl (C=O) groups excluding carboxylic acids is 2. The molecular formula is C24H32ClN3O4S. The molecule has 180 valence electrons. The molecular weight excluding hydrogens is 462 g/mol. The second kappa shape index (κ2) is 12.2. The highest BCUT2D eigenvalue weighted by molar-refractivity contribution is 7.89. The third kappa shape index (κ3) is 7.03. The Bertz CT molecular complexity index is 1060. The van der Waals surface area contributed by atoms with Crippen LogP contribution in [-0.4, -0.2) is 55.6 Å². The molecule has 2 amide bonds. The third-order valence-corrected chi connectivity index (χ3v) is 7.49. The first-order valence-corrected chi connectivity index (χ1v) is 12.8. The number of amides is 2. The largest absolute Gasteiger partial charge is 0.354 e. The first-order chi connectivity index (χ1) is 15.6. The summed E-state index contributed by atoms with van der Waals surface area (Å²) in [6.45, 7) is 6.04. The van der Waals surface area contributed by atoms with E-state index in [1.165, 1.54) is 36.2 Å². The molecule has 0 aliphatic rings. The number of rotatable bonds is 11. The number of nitrogens with one attached hydrogen (secondary N) is 1. The average molecular weight is 494 g/mol. The van der Waals surface area contributed by atoms with E-state index >= 15 is 0 Å². The second-order valence-electron chi connectivity index (χ2n) is 7.88. The van der Waals surface area contributed by atoms with E-state index in [2.05, 4.69) is 5.32 Å². The van der Waals surface area contributed by atoms with Crippen LogP contribution >= 0.6 is 11.6 Å². The van der Waals surface area contributed by atoms with E-state index in [9.17, 15) is 18.0 Å². The molecule has 9 heteroatoms. The fraction of sp³-hybridized carbons (Fsp3) is 0.417. The van der Waals surface area contributed by atoms with Gasteiger partial charge in [0.2, 0.25) is 21.8 Å². The van der Waals surface area contributed by atoms with Gasteiger partial charge in [0.25, 0.3) is 0 Å². The minimum Gasteiger partial charge on any atom is -0.354 e. The maximum absolute atomic E-state index is 13.4. The van der Waals surface area contributed by atoms with Crippen molar-refractivity contribution in [3.8, 4) is 0 Å². The summed E-state index contributed by atoms with van der Waals surface area (Å²) < 4.78 is 26.9. The highest BCUT2D eigenvalue weighted by Gasteiger charge is 2.31. The van der Waals surface area contributed by atoms with Crippen molar-refractivity contribution >= 4 is 33.4 Å². The molecule has 1 unspecified atom stereocenters. The zero-order valence-corrected chi connectivity index (χ0v) is 21.1. The molecule has 1 N–H and O–H groups in total. The SMILES string of the molecule is CCCNC(=O)C(CC)N(Cc1ccccc1C)C(=O)CN(C)S(=O)(=O)c1ccc(Cl)cc1. The maximum atomic E-state index is 13.4. The highest BCUT2D eigenvalue weighted by Crippen LogP contribution is 2.19. The summed E-state index contributed by atoms with van der Waals surface area (Å²) in [5, 5.41) is 3.27. The van der Waals surface area contributed by atoms with Crippen LogP contribution in [0.5, 0.6) is 0 Å². The number of carbonyl (C=O) groups is 2. The minimum atomic E-state index is -3.91. The average Bonchev–Trinajstić information content (AvgIpc) is 2.78. The Morgan fingerprint density at radius 2 is 1.70 bits per heavy atom. The molecule has 0 heterocycles. The predicted octanol–water partition coefficient (Wildman–Crippen LogP) is 3.60. The van der Waals surface area contributed by atoms with Crippen LogP contribution in [0.25, 0.3) is 0 Å². The highest BCUT2D eigenvalue weighted by atomic mass is 35.5. The van der Waals surface area contributed by atoms with Gasteiger partial charge in [0.1, 0.15) is 6.04 Å². The van der Waals surface area contributed by atoms with E-state index in [-0.39, 0.29) is 17.3 Å². The zero-order valence-electron chi connectivity index (χ0n) is 19.5. The molecule has 0 aromatic heterocycles. The Morgan fingerprint density at radius 1 is 1.06 bits per heavy atom. The van der Waals surface area contributed by atoms with E-state index in [1.54, 1.807) is 0 Å². The molecule has 33 heavy (non-hydrogen) atoms. The molecule has 7 nitrogen and oxygen atoms in total. The van der Waals surface area contributed by atoms with E-state index in [1.807, 2.05) is 45.0 Å². The summed E-state index contributed by atoms with van der Waals surface area (Å²) in [5.41, 5.74) is 1.89. The lowest BCUT2D eigenvalue weighted by Crippen LogP contribution is -2.51. The number of sulfonamides is 1. The first-order valence-electron chi connectivity index (χ1n) is 10.9. The lowest BCUT2D eigenvalue weighted by Gasteiger charge is -2.32. The van der Waals surface area contributed by atoms with Crippen molar-refractivity contribution < 1.29 is 18.0 Å². The van der Waals surface area contributed by atoms with E-state index in [4.69, 9.17) is 11.6 Å². The van der Waals surface area contributed by atoms with Crippen LogP contribution < -0.4 is 5.32 Å². The van der Waals surface area contributed by atoms with Crippen LogP contribution in [0.15, 0.2) is 53.4 Å². The van der Waals surface area contributed by atoms with Crippen LogP contribution in [0, 0.1) is 6.92 Å². The lowest BCUT2D eigenvalue weighted by molar-refractivity contribution is -0.141. The van der Waals surface area contributed by atoms with Crippen LogP contribution in [0.3, 0.4) is 0 Å². The van der Waals surface area contributed by atoms with Crippen LogP contribution in [0.2, 0.25) is 5.02 Å². The molecule has 2 aromatic carbocycles. The lowest BCUT2D eigenvalue weighted by atomic mass is 10.1. The first kappa shape index (κ1) is 26.8. The number of hydrogen-bond acceptors (Lipinski definition) is 4. The summed E-state index contributed by atoms with van der Waals surface area (Å²) in [4.78, 5) is 27.8. The smallest absolute Gasteiger partial charge is 0.243 e. The Morgan fingerprint density at radius 3 is 2.27 bits per heavy atom. The normalized spacial score (nSPS) is 12.4. The molecule has 2 aromatic rings. The van der Waals surface area contributed by atoms with Crippen molar-refractivity contribution in [1.82, 2.24) is 14.5 Å². The molecule has 0 saturated heterocycles. The number of likely N-dealkylation sites (N-methyl/N-ethyl adjacent to an activating group) is 1. The summed E-state index contributed by atoms with van der Waals surface area (Å²) in [5.74, 6) is -0.693. The van der Waals surface area contributed by atoms with Crippen LogP contribution in [0.1, 0.15) is 37.8 Å². The van der Waals surface area contributed by atoms with Crippen LogP contribution in [0.4, 0.5) is 0 Å². The quantitative estimate of drug-likeness (QED) is 0.518. The van der Waals surface area contributed by atoms with Crippen molar-refractivity contribution in [3.05, 3.63) is 64.7 Å². The molecule has 0 aliphatic heterocycles. The number of aryl methyl sites for hydroxylation is 1. The second-order valence-corrected chi connectivity index (χ2v) is 10.4. The van der Waals surface area contributed by atoms with E-state index in [0.29, 0.717) is 18.0 Å². The van der Waals surface area contributed by atoms with E-state index in [0.717, 1.165) is 21.9 Å². The summed E-state index contributed by atoms with van der Waals surface area (Å²) >= 11 is 5.87. The molecule has 0 aliphatic carbocycles. The summed E-state index contributed by atoms with van der Waals surface area (Å²) in [6, 6.07) is 12.7. The Hall–Kier alpha value is -2.42. The fourth-order valence-electron chi connectivity index (χ4n) is 3.41. The van der Waals surface area contributed by atoms with Gasteiger partial charge in [0.15, 0.2) is 0 Å². The van der Waals surface area contributed by atoms with Gasteiger partial charge in [-0.25, -0.2) is 8.42 Å². The van der Waals surface area contributed by atoms with Gasteiger partial charge in [-0.3, -0.25) is 9.59 Å². The van der Waals surface area contributed by atoms with Gasteiger partial charge >= 0.3 is 0 Å². The number of halogens is 1. The predicted molar refractivity (Wildman–Crippen MR) is 130 cm³/mol. The Labute approximate surface area is 201 Å². The van der Waals surface area contributed by atoms with Gasteiger partial charge in [-0.15, -0.1) is 0 Å². The van der Waals surface area contributed by atoms with Gasteiger partial charge in [-0.1, -0.05) is 49.7 Å². The standard InChI is InChI=1S/C24H32ClN3O4S/c1-5-15-26-24(30)22(6-2)28(16-19-10-8-7-9-18(19)3)23(29)17-27(4)33(31,32)21-13-11-20(25)12-14-21/h7-14,22H,5-6,15-17H2,1-4H3,(H,26,30). The van der Waals surface area contributed by atoms with Crippen LogP contribution in [-0.2, 0) is 26.2 Å². The molecule has 0 bridgehead atoms. The van der Waals surface area contributed by atoms with Crippen molar-refractivity contribution in [2.75, 3.05) is 20.1 Å². The molecule has 2 rings (SSSR count). The number of benzene rings is 2. The monoisotopic (exact) mass is 493 g/mol. The third-order valence-electron chi connectivity index (χ3n) is 5.42. The molecule has 0 spiro atoms. The van der Waals surface area contributed by atoms with Gasteiger partial charge in [0, 0.05) is 25.2 Å². The molecule has 0 radical (unpaired) electrons. The van der Waals surface area contributed by atoms with Gasteiger partial charge in [0.05, 0.1) is 11.4 Å². The maximum Gasteiger partial charge on any atom is 0.243 e. The fourth-order valence-corrected chi connectivity index (χ4v) is 4.66. The Balaban J connectivity index is 2.32. The molecule has 0 fully saturated rings. The zero-order chi connectivity index (χ0) is 24.6.